The van der Waals surface area contributed by atoms with Crippen molar-refractivity contribution in [3.8, 4) is 0 Å². The smallest absolute Gasteiger partial charge is 0.186 e. The molecule has 0 heterocycles. The number of unbranched alkanes of at least 4 members (excludes halogenated alkanes) is 2. The minimum absolute atomic E-state index is 0.0888. The second-order valence-electron chi connectivity index (χ2n) is 5.22. The van der Waals surface area contributed by atoms with E-state index in [1.807, 2.05) is 48.5 Å². The summed E-state index contributed by atoms with van der Waals surface area (Å²) in [5.74, 6) is 0.0888. The molecule has 0 spiro atoms. The average molecular weight is 278 g/mol. The standard InChI is InChI=1S/C20H22O/c1-2-3-6-15-19(17-11-7-4-8-12-17)16-20(21)18-13-9-5-10-14-18/h4-5,7-14,16H,2-3,6,15H2,1H3/b19-16+. The number of ketones is 1. The molecule has 0 aliphatic rings. The normalized spacial score (nSPS) is 11.4. The summed E-state index contributed by atoms with van der Waals surface area (Å²) in [6.07, 6.45) is 6.27. The van der Waals surface area contributed by atoms with Crippen LogP contribution in [0, 0.1) is 0 Å². The Morgan fingerprint density at radius 1 is 0.857 bits per heavy atom. The summed E-state index contributed by atoms with van der Waals surface area (Å²) < 4.78 is 0. The van der Waals surface area contributed by atoms with Crippen LogP contribution in [0.1, 0.15) is 48.5 Å². The second-order valence-corrected chi connectivity index (χ2v) is 5.22. The highest BCUT2D eigenvalue weighted by Gasteiger charge is 2.06. The molecule has 108 valence electrons. The Balaban J connectivity index is 2.22. The minimum atomic E-state index is 0.0888. The van der Waals surface area contributed by atoms with E-state index in [1.165, 1.54) is 12.8 Å². The first kappa shape index (κ1) is 15.2. The molecule has 1 heteroatoms. The molecular weight excluding hydrogens is 256 g/mol. The van der Waals surface area contributed by atoms with Crippen LogP contribution in [-0.2, 0) is 0 Å². The number of hydrogen-bond donors (Lipinski definition) is 0. The fraction of sp³-hybridized carbons (Fsp3) is 0.250. The Hall–Kier alpha value is -2.15. The molecule has 0 amide bonds. The number of hydrogen-bond acceptors (Lipinski definition) is 1. The summed E-state index contributed by atoms with van der Waals surface area (Å²) >= 11 is 0. The maximum atomic E-state index is 12.4. The van der Waals surface area contributed by atoms with Crippen LogP contribution in [0.25, 0.3) is 5.57 Å². The largest absolute Gasteiger partial charge is 0.289 e. The van der Waals surface area contributed by atoms with Gasteiger partial charge in [0.15, 0.2) is 5.78 Å². The zero-order chi connectivity index (χ0) is 14.9. The van der Waals surface area contributed by atoms with Crippen molar-refractivity contribution in [1.82, 2.24) is 0 Å². The van der Waals surface area contributed by atoms with E-state index in [9.17, 15) is 4.79 Å². The van der Waals surface area contributed by atoms with Crippen LogP contribution in [0.2, 0.25) is 0 Å². The summed E-state index contributed by atoms with van der Waals surface area (Å²) in [6, 6.07) is 19.7. The molecule has 0 unspecified atom stereocenters. The van der Waals surface area contributed by atoms with Crippen molar-refractivity contribution in [3.63, 3.8) is 0 Å². The van der Waals surface area contributed by atoms with Gasteiger partial charge in [0.25, 0.3) is 0 Å². The lowest BCUT2D eigenvalue weighted by atomic mass is 9.97. The number of benzene rings is 2. The number of carbonyl (C=O) groups excluding carboxylic acids is 1. The fourth-order valence-corrected chi connectivity index (χ4v) is 2.36. The van der Waals surface area contributed by atoms with Crippen molar-refractivity contribution in [2.45, 2.75) is 32.6 Å². The number of rotatable bonds is 7. The number of carbonyl (C=O) groups is 1. The van der Waals surface area contributed by atoms with Crippen LogP contribution in [-0.4, -0.2) is 5.78 Å². The van der Waals surface area contributed by atoms with Gasteiger partial charge in [-0.1, -0.05) is 80.4 Å². The maximum Gasteiger partial charge on any atom is 0.186 e. The van der Waals surface area contributed by atoms with Crippen LogP contribution in [0.4, 0.5) is 0 Å². The molecule has 21 heavy (non-hydrogen) atoms. The summed E-state index contributed by atoms with van der Waals surface area (Å²) in [7, 11) is 0. The lowest BCUT2D eigenvalue weighted by molar-refractivity contribution is 0.104. The van der Waals surface area contributed by atoms with Gasteiger partial charge < -0.3 is 0 Å². The molecule has 0 aliphatic carbocycles. The van der Waals surface area contributed by atoms with Gasteiger partial charge in [-0.3, -0.25) is 4.79 Å². The highest BCUT2D eigenvalue weighted by atomic mass is 16.1. The molecular formula is C20H22O. The van der Waals surface area contributed by atoms with Crippen molar-refractivity contribution in [1.29, 1.82) is 0 Å². The van der Waals surface area contributed by atoms with E-state index in [0.717, 1.165) is 29.5 Å². The lowest BCUT2D eigenvalue weighted by Gasteiger charge is -2.08. The van der Waals surface area contributed by atoms with E-state index in [4.69, 9.17) is 0 Å². The predicted octanol–water partition coefficient (Wildman–Crippen LogP) is 5.53. The second kappa shape index (κ2) is 8.21. The first-order chi connectivity index (χ1) is 10.3. The fourth-order valence-electron chi connectivity index (χ4n) is 2.36. The molecule has 0 atom stereocenters. The zero-order valence-electron chi connectivity index (χ0n) is 12.6. The van der Waals surface area contributed by atoms with Crippen molar-refractivity contribution in [2.75, 3.05) is 0 Å². The Bertz CT molecular complexity index is 582. The van der Waals surface area contributed by atoms with Gasteiger partial charge in [-0.25, -0.2) is 0 Å². The van der Waals surface area contributed by atoms with Gasteiger partial charge in [-0.05, 0) is 30.1 Å². The van der Waals surface area contributed by atoms with Gasteiger partial charge in [0.1, 0.15) is 0 Å². The molecule has 0 aliphatic heterocycles. The van der Waals surface area contributed by atoms with Crippen LogP contribution in [0.15, 0.2) is 66.7 Å². The van der Waals surface area contributed by atoms with Gasteiger partial charge >= 0.3 is 0 Å². The van der Waals surface area contributed by atoms with Gasteiger partial charge in [-0.15, -0.1) is 0 Å². The zero-order valence-corrected chi connectivity index (χ0v) is 12.6. The molecule has 0 radical (unpaired) electrons. The summed E-state index contributed by atoms with van der Waals surface area (Å²) in [5.41, 5.74) is 3.04. The average Bonchev–Trinajstić information content (AvgIpc) is 2.55. The van der Waals surface area contributed by atoms with Crippen molar-refractivity contribution in [3.05, 3.63) is 77.9 Å². The van der Waals surface area contributed by atoms with Crippen molar-refractivity contribution >= 4 is 11.4 Å². The predicted molar refractivity (Wildman–Crippen MR) is 89.3 cm³/mol. The van der Waals surface area contributed by atoms with E-state index in [2.05, 4.69) is 19.1 Å². The first-order valence-corrected chi connectivity index (χ1v) is 7.66. The monoisotopic (exact) mass is 278 g/mol. The quantitative estimate of drug-likeness (QED) is 0.369. The highest BCUT2D eigenvalue weighted by Crippen LogP contribution is 2.22. The van der Waals surface area contributed by atoms with E-state index >= 15 is 0 Å². The molecule has 0 bridgehead atoms. The molecule has 2 aromatic carbocycles. The van der Waals surface area contributed by atoms with Crippen LogP contribution in [0.3, 0.4) is 0 Å². The molecule has 2 aromatic rings. The molecule has 1 nitrogen and oxygen atoms in total. The third-order valence-corrected chi connectivity index (χ3v) is 3.56. The third kappa shape index (κ3) is 4.71. The van der Waals surface area contributed by atoms with E-state index in [1.54, 1.807) is 6.08 Å². The van der Waals surface area contributed by atoms with E-state index in [-0.39, 0.29) is 5.78 Å². The summed E-state index contributed by atoms with van der Waals surface area (Å²) in [4.78, 5) is 12.4. The third-order valence-electron chi connectivity index (χ3n) is 3.56. The lowest BCUT2D eigenvalue weighted by Crippen LogP contribution is -1.97. The molecule has 2 rings (SSSR count). The Morgan fingerprint density at radius 2 is 1.43 bits per heavy atom. The van der Waals surface area contributed by atoms with Crippen LogP contribution < -0.4 is 0 Å². The van der Waals surface area contributed by atoms with Gasteiger partial charge in [0.2, 0.25) is 0 Å². The maximum absolute atomic E-state index is 12.4. The molecule has 0 fully saturated rings. The van der Waals surface area contributed by atoms with E-state index in [0.29, 0.717) is 0 Å². The summed E-state index contributed by atoms with van der Waals surface area (Å²) in [6.45, 7) is 2.20. The Labute approximate surface area is 127 Å². The Morgan fingerprint density at radius 3 is 2.00 bits per heavy atom. The van der Waals surface area contributed by atoms with Crippen molar-refractivity contribution < 1.29 is 4.79 Å². The topological polar surface area (TPSA) is 17.1 Å². The minimum Gasteiger partial charge on any atom is -0.289 e. The number of allylic oxidation sites excluding steroid dienone is 2. The molecule has 0 saturated carbocycles. The van der Waals surface area contributed by atoms with Crippen molar-refractivity contribution in [2.24, 2.45) is 0 Å². The van der Waals surface area contributed by atoms with Gasteiger partial charge in [0.05, 0.1) is 0 Å². The molecule has 0 N–H and O–H groups in total. The molecule has 0 aromatic heterocycles. The SMILES string of the molecule is CCCCC/C(=C\C(=O)c1ccccc1)c1ccccc1. The Kier molecular flexibility index (Phi) is 5.96. The first-order valence-electron chi connectivity index (χ1n) is 7.66. The summed E-state index contributed by atoms with van der Waals surface area (Å²) in [5, 5.41) is 0. The van der Waals surface area contributed by atoms with E-state index < -0.39 is 0 Å². The highest BCUT2D eigenvalue weighted by molar-refractivity contribution is 6.08. The van der Waals surface area contributed by atoms with Gasteiger partial charge in [-0.2, -0.15) is 0 Å². The molecule has 0 saturated heterocycles. The van der Waals surface area contributed by atoms with Gasteiger partial charge in [0, 0.05) is 5.56 Å². The van der Waals surface area contributed by atoms with Crippen LogP contribution in [0.5, 0.6) is 0 Å². The van der Waals surface area contributed by atoms with Crippen LogP contribution >= 0.6 is 0 Å².